The number of hydrogen-bond acceptors (Lipinski definition) is 7. The standard InChI is InChI=1S/C38H34N2O3S2/c41-37-27-9-3-4-10-28(27)38(43-37)29-13-11-25(33-15-17-35(44-33)39-19-5-1-6-20-39)23-31(29)42-32-24-26(12-14-30(32)38)34-16-18-36(45-34)40-21-7-2-8-22-40/h3-4,9-18,23-24H,1-2,5-8,19-22H2. The van der Waals surface area contributed by atoms with Gasteiger partial charge in [0.05, 0.1) is 15.6 Å². The lowest BCUT2D eigenvalue weighted by atomic mass is 9.77. The molecule has 0 saturated carbocycles. The van der Waals surface area contributed by atoms with Gasteiger partial charge in [-0.05, 0) is 104 Å². The zero-order valence-corrected chi connectivity index (χ0v) is 26.7. The average molecular weight is 631 g/mol. The van der Waals surface area contributed by atoms with Crippen molar-refractivity contribution < 1.29 is 14.3 Å². The fourth-order valence-corrected chi connectivity index (χ4v) is 9.62. The summed E-state index contributed by atoms with van der Waals surface area (Å²) in [4.78, 5) is 20.8. The predicted molar refractivity (Wildman–Crippen MR) is 183 cm³/mol. The largest absolute Gasteiger partial charge is 0.456 e. The highest BCUT2D eigenvalue weighted by atomic mass is 32.1. The molecule has 4 aliphatic heterocycles. The second-order valence-electron chi connectivity index (χ2n) is 12.5. The molecule has 4 aliphatic rings. The second-order valence-corrected chi connectivity index (χ2v) is 14.6. The summed E-state index contributed by atoms with van der Waals surface area (Å²) in [5.74, 6) is 1.16. The van der Waals surface area contributed by atoms with Gasteiger partial charge in [-0.15, -0.1) is 22.7 Å². The minimum absolute atomic E-state index is 0.300. The topological polar surface area (TPSA) is 42.0 Å². The number of ether oxygens (including phenoxy) is 2. The highest BCUT2D eigenvalue weighted by Crippen LogP contribution is 2.57. The van der Waals surface area contributed by atoms with E-state index in [4.69, 9.17) is 9.47 Å². The molecule has 3 aromatic carbocycles. The monoisotopic (exact) mass is 630 g/mol. The zero-order valence-electron chi connectivity index (χ0n) is 25.1. The van der Waals surface area contributed by atoms with Crippen molar-refractivity contribution in [2.45, 2.75) is 44.1 Å². The lowest BCUT2D eigenvalue weighted by Crippen LogP contribution is -2.33. The Hall–Kier alpha value is -4.07. The first-order valence-electron chi connectivity index (χ1n) is 16.2. The molecule has 0 aliphatic carbocycles. The van der Waals surface area contributed by atoms with E-state index in [1.165, 1.54) is 58.3 Å². The molecule has 0 atom stereocenters. The third-order valence-electron chi connectivity index (χ3n) is 9.80. The zero-order chi connectivity index (χ0) is 30.0. The summed E-state index contributed by atoms with van der Waals surface area (Å²) in [6.07, 6.45) is 7.68. The molecule has 2 fully saturated rings. The smallest absolute Gasteiger partial charge is 0.340 e. The van der Waals surface area contributed by atoms with Gasteiger partial charge in [0.2, 0.25) is 0 Å². The highest BCUT2D eigenvalue weighted by Gasteiger charge is 2.53. The van der Waals surface area contributed by atoms with Crippen LogP contribution < -0.4 is 14.5 Å². The van der Waals surface area contributed by atoms with Crippen LogP contribution in [0.3, 0.4) is 0 Å². The molecule has 5 nitrogen and oxygen atoms in total. The molecule has 226 valence electrons. The Morgan fingerprint density at radius 2 is 1.11 bits per heavy atom. The molecule has 0 unspecified atom stereocenters. The maximum atomic E-state index is 13.4. The van der Waals surface area contributed by atoms with Gasteiger partial charge in [0.25, 0.3) is 0 Å². The fraction of sp³-hybridized carbons (Fsp3) is 0.289. The van der Waals surface area contributed by atoms with Gasteiger partial charge in [-0.2, -0.15) is 0 Å². The van der Waals surface area contributed by atoms with Crippen molar-refractivity contribution in [1.82, 2.24) is 0 Å². The van der Waals surface area contributed by atoms with Crippen molar-refractivity contribution in [3.8, 4) is 32.4 Å². The number of nitrogens with zero attached hydrogens (tertiary/aromatic N) is 2. The van der Waals surface area contributed by atoms with Crippen molar-refractivity contribution in [3.05, 3.63) is 107 Å². The number of benzene rings is 3. The molecular formula is C38H34N2O3S2. The lowest BCUT2D eigenvalue weighted by molar-refractivity contribution is 0.0224. The van der Waals surface area contributed by atoms with Crippen molar-refractivity contribution >= 4 is 38.6 Å². The summed E-state index contributed by atoms with van der Waals surface area (Å²) in [7, 11) is 0. The number of anilines is 2. The van der Waals surface area contributed by atoms with Crippen LogP contribution in [0, 0.1) is 0 Å². The molecule has 45 heavy (non-hydrogen) atoms. The van der Waals surface area contributed by atoms with Gasteiger partial charge in [-0.3, -0.25) is 0 Å². The van der Waals surface area contributed by atoms with Crippen LogP contribution in [-0.4, -0.2) is 32.1 Å². The number of carbonyl (C=O) groups is 1. The first-order valence-corrected chi connectivity index (χ1v) is 17.8. The third-order valence-corrected chi connectivity index (χ3v) is 12.2. The van der Waals surface area contributed by atoms with Gasteiger partial charge in [0, 0.05) is 52.6 Å². The fourth-order valence-electron chi connectivity index (χ4n) is 7.52. The molecular weight excluding hydrogens is 597 g/mol. The number of fused-ring (bicyclic) bond motifs is 6. The van der Waals surface area contributed by atoms with E-state index in [-0.39, 0.29) is 5.97 Å². The van der Waals surface area contributed by atoms with Crippen LogP contribution in [-0.2, 0) is 10.3 Å². The Kier molecular flexibility index (Phi) is 6.53. The van der Waals surface area contributed by atoms with Crippen LogP contribution in [0.4, 0.5) is 10.0 Å². The number of esters is 1. The summed E-state index contributed by atoms with van der Waals surface area (Å²) in [6, 6.07) is 29.5. The molecule has 1 spiro atoms. The van der Waals surface area contributed by atoms with Gasteiger partial charge in [0.15, 0.2) is 5.60 Å². The van der Waals surface area contributed by atoms with Gasteiger partial charge in [0.1, 0.15) is 11.5 Å². The Bertz CT molecular complexity index is 1820. The maximum absolute atomic E-state index is 13.4. The first kappa shape index (κ1) is 27.3. The van der Waals surface area contributed by atoms with E-state index in [0.717, 1.165) is 65.5 Å². The van der Waals surface area contributed by atoms with E-state index in [0.29, 0.717) is 5.56 Å². The molecule has 7 heteroatoms. The number of rotatable bonds is 4. The molecule has 0 bridgehead atoms. The summed E-state index contributed by atoms with van der Waals surface area (Å²) < 4.78 is 13.2. The maximum Gasteiger partial charge on any atom is 0.340 e. The molecule has 2 aromatic heterocycles. The molecule has 0 amide bonds. The van der Waals surface area contributed by atoms with E-state index < -0.39 is 5.60 Å². The molecule has 2 saturated heterocycles. The number of hydrogen-bond donors (Lipinski definition) is 0. The minimum Gasteiger partial charge on any atom is -0.456 e. The minimum atomic E-state index is -1.06. The number of carbonyl (C=O) groups excluding carboxylic acids is 1. The Morgan fingerprint density at radius 3 is 1.67 bits per heavy atom. The lowest BCUT2D eigenvalue weighted by Gasteiger charge is -2.36. The van der Waals surface area contributed by atoms with Crippen molar-refractivity contribution in [1.29, 1.82) is 0 Å². The van der Waals surface area contributed by atoms with Crippen LogP contribution >= 0.6 is 22.7 Å². The Balaban J connectivity index is 1.14. The van der Waals surface area contributed by atoms with E-state index in [1.54, 1.807) is 0 Å². The van der Waals surface area contributed by atoms with Crippen LogP contribution in [0.1, 0.15) is 65.6 Å². The van der Waals surface area contributed by atoms with Crippen molar-refractivity contribution in [2.24, 2.45) is 0 Å². The van der Waals surface area contributed by atoms with Crippen molar-refractivity contribution in [3.63, 3.8) is 0 Å². The Labute approximate surface area is 271 Å². The summed E-state index contributed by atoms with van der Waals surface area (Å²) in [5.41, 5.74) is 4.36. The van der Waals surface area contributed by atoms with E-state index >= 15 is 0 Å². The van der Waals surface area contributed by atoms with Crippen LogP contribution in [0.2, 0.25) is 0 Å². The summed E-state index contributed by atoms with van der Waals surface area (Å²) in [6.45, 7) is 4.51. The number of piperidine rings is 2. The highest BCUT2D eigenvalue weighted by molar-refractivity contribution is 7.19. The predicted octanol–water partition coefficient (Wildman–Crippen LogP) is 9.69. The summed E-state index contributed by atoms with van der Waals surface area (Å²) >= 11 is 3.68. The third kappa shape index (κ3) is 4.43. The summed E-state index contributed by atoms with van der Waals surface area (Å²) in [5, 5.41) is 2.65. The van der Waals surface area contributed by atoms with E-state index in [1.807, 2.05) is 46.9 Å². The van der Waals surface area contributed by atoms with Crippen LogP contribution in [0.25, 0.3) is 20.9 Å². The molecule has 0 N–H and O–H groups in total. The molecule has 0 radical (unpaired) electrons. The van der Waals surface area contributed by atoms with Gasteiger partial charge >= 0.3 is 5.97 Å². The van der Waals surface area contributed by atoms with Gasteiger partial charge < -0.3 is 19.3 Å². The average Bonchev–Trinajstić information content (AvgIpc) is 3.85. The van der Waals surface area contributed by atoms with Crippen LogP contribution in [0.15, 0.2) is 84.9 Å². The van der Waals surface area contributed by atoms with E-state index in [9.17, 15) is 4.79 Å². The van der Waals surface area contributed by atoms with Gasteiger partial charge in [-0.25, -0.2) is 4.79 Å². The molecule has 5 aromatic rings. The van der Waals surface area contributed by atoms with Crippen LogP contribution in [0.5, 0.6) is 11.5 Å². The normalized spacial score (nSPS) is 18.3. The second kappa shape index (κ2) is 10.8. The molecule has 9 rings (SSSR count). The SMILES string of the molecule is O=C1OC2(c3ccc(-c4ccc(N5CCCCC5)s4)cc3Oc3cc(-c4ccc(N5CCCCC5)s4)ccc32)c2ccccc21. The van der Waals surface area contributed by atoms with Crippen molar-refractivity contribution in [2.75, 3.05) is 36.0 Å². The first-order chi connectivity index (χ1) is 22.2. The number of thiophene rings is 2. The quantitative estimate of drug-likeness (QED) is 0.185. The van der Waals surface area contributed by atoms with Gasteiger partial charge in [-0.1, -0.05) is 30.3 Å². The molecule has 6 heterocycles. The Morgan fingerprint density at radius 1 is 0.578 bits per heavy atom. The van der Waals surface area contributed by atoms with E-state index in [2.05, 4.69) is 70.5 Å².